The van der Waals surface area contributed by atoms with Gasteiger partial charge in [0.2, 0.25) is 0 Å². The van der Waals surface area contributed by atoms with Gasteiger partial charge in [-0.15, -0.1) is 11.8 Å². The molecule has 0 radical (unpaired) electrons. The average Bonchev–Trinajstić information content (AvgIpc) is 2.14. The third-order valence-corrected chi connectivity index (χ3v) is 2.43. The van der Waals surface area contributed by atoms with Crippen LogP contribution in [0.2, 0.25) is 0 Å². The Kier molecular flexibility index (Phi) is 2.02. The molecule has 1 aromatic heterocycles. The molecule has 44 valence electrons. The summed E-state index contributed by atoms with van der Waals surface area (Å²) in [6.45, 7) is 0. The lowest BCUT2D eigenvalue weighted by Crippen LogP contribution is -1.57. The Morgan fingerprint density at radius 2 is 2.38 bits per heavy atom. The smallest absolute Gasteiger partial charge is 0.106 e. The van der Waals surface area contributed by atoms with Crippen molar-refractivity contribution in [1.82, 2.24) is 0 Å². The molecule has 0 aliphatic carbocycles. The van der Waals surface area contributed by atoms with Crippen molar-refractivity contribution >= 4 is 27.7 Å². The van der Waals surface area contributed by atoms with Crippen LogP contribution < -0.4 is 0 Å². The molecule has 1 rings (SSSR count). The SMILES string of the molecule is CSc1cocc1Br. The van der Waals surface area contributed by atoms with Crippen molar-refractivity contribution in [2.24, 2.45) is 0 Å². The number of halogens is 1. The third-order valence-electron chi connectivity index (χ3n) is 0.802. The summed E-state index contributed by atoms with van der Waals surface area (Å²) in [7, 11) is 0. The molecule has 1 nitrogen and oxygen atoms in total. The number of hydrogen-bond donors (Lipinski definition) is 0. The van der Waals surface area contributed by atoms with Gasteiger partial charge in [-0.1, -0.05) is 0 Å². The predicted octanol–water partition coefficient (Wildman–Crippen LogP) is 2.76. The summed E-state index contributed by atoms with van der Waals surface area (Å²) in [5.74, 6) is 0. The number of hydrogen-bond acceptors (Lipinski definition) is 2. The molecule has 0 saturated carbocycles. The van der Waals surface area contributed by atoms with Gasteiger partial charge in [-0.05, 0) is 22.2 Å². The van der Waals surface area contributed by atoms with E-state index in [2.05, 4.69) is 15.9 Å². The maximum absolute atomic E-state index is 4.87. The highest BCUT2D eigenvalue weighted by Crippen LogP contribution is 2.25. The molecule has 0 aromatic carbocycles. The Bertz CT molecular complexity index is 173. The quantitative estimate of drug-likeness (QED) is 0.636. The van der Waals surface area contributed by atoms with E-state index in [1.54, 1.807) is 24.3 Å². The van der Waals surface area contributed by atoms with E-state index < -0.39 is 0 Å². The van der Waals surface area contributed by atoms with Crippen LogP contribution in [-0.2, 0) is 0 Å². The maximum atomic E-state index is 4.87. The monoisotopic (exact) mass is 192 g/mol. The first-order valence-electron chi connectivity index (χ1n) is 2.10. The zero-order valence-corrected chi connectivity index (χ0v) is 6.75. The Morgan fingerprint density at radius 1 is 1.62 bits per heavy atom. The van der Waals surface area contributed by atoms with Crippen molar-refractivity contribution in [2.75, 3.05) is 6.26 Å². The van der Waals surface area contributed by atoms with E-state index in [1.165, 1.54) is 0 Å². The highest BCUT2D eigenvalue weighted by molar-refractivity contribution is 9.10. The van der Waals surface area contributed by atoms with Gasteiger partial charge in [0.25, 0.3) is 0 Å². The molecule has 8 heavy (non-hydrogen) atoms. The minimum atomic E-state index is 1.03. The summed E-state index contributed by atoms with van der Waals surface area (Å²) in [4.78, 5) is 1.14. The van der Waals surface area contributed by atoms with Crippen LogP contribution in [0.3, 0.4) is 0 Å². The summed E-state index contributed by atoms with van der Waals surface area (Å²) in [6, 6.07) is 0. The first-order chi connectivity index (χ1) is 3.84. The van der Waals surface area contributed by atoms with Crippen molar-refractivity contribution in [3.05, 3.63) is 17.0 Å². The second-order valence-electron chi connectivity index (χ2n) is 1.29. The van der Waals surface area contributed by atoms with Gasteiger partial charge >= 0.3 is 0 Å². The van der Waals surface area contributed by atoms with E-state index in [0.717, 1.165) is 9.37 Å². The van der Waals surface area contributed by atoms with Crippen LogP contribution >= 0.6 is 27.7 Å². The van der Waals surface area contributed by atoms with Gasteiger partial charge in [0.05, 0.1) is 9.37 Å². The largest absolute Gasteiger partial charge is 0.470 e. The van der Waals surface area contributed by atoms with Crippen LogP contribution in [0, 0.1) is 0 Å². The lowest BCUT2D eigenvalue weighted by atomic mass is 10.7. The molecule has 0 saturated heterocycles. The van der Waals surface area contributed by atoms with Crippen LogP contribution in [0.1, 0.15) is 0 Å². The van der Waals surface area contributed by atoms with Crippen LogP contribution in [0.25, 0.3) is 0 Å². The second kappa shape index (κ2) is 2.60. The van der Waals surface area contributed by atoms with E-state index in [4.69, 9.17) is 4.42 Å². The molecule has 0 fully saturated rings. The summed E-state index contributed by atoms with van der Waals surface area (Å²) in [6.07, 6.45) is 5.40. The minimum absolute atomic E-state index is 1.03. The van der Waals surface area contributed by atoms with E-state index >= 15 is 0 Å². The molecule has 0 aliphatic heterocycles. The topological polar surface area (TPSA) is 13.1 Å². The fourth-order valence-corrected chi connectivity index (χ4v) is 1.50. The van der Waals surface area contributed by atoms with Crippen LogP contribution in [0.4, 0.5) is 0 Å². The summed E-state index contributed by atoms with van der Waals surface area (Å²) < 4.78 is 5.90. The van der Waals surface area contributed by atoms with Gasteiger partial charge in [0, 0.05) is 0 Å². The fraction of sp³-hybridized carbons (Fsp3) is 0.200. The van der Waals surface area contributed by atoms with Gasteiger partial charge < -0.3 is 4.42 Å². The van der Waals surface area contributed by atoms with Crippen molar-refractivity contribution in [3.63, 3.8) is 0 Å². The normalized spacial score (nSPS) is 9.75. The molecule has 0 unspecified atom stereocenters. The molecular weight excluding hydrogens is 188 g/mol. The molecule has 0 aliphatic rings. The van der Waals surface area contributed by atoms with E-state index in [0.29, 0.717) is 0 Å². The average molecular weight is 193 g/mol. The van der Waals surface area contributed by atoms with Crippen LogP contribution in [0.5, 0.6) is 0 Å². The first-order valence-corrected chi connectivity index (χ1v) is 4.12. The van der Waals surface area contributed by atoms with Crippen LogP contribution in [-0.4, -0.2) is 6.26 Å². The van der Waals surface area contributed by atoms with Crippen molar-refractivity contribution < 1.29 is 4.42 Å². The van der Waals surface area contributed by atoms with Gasteiger partial charge in [0.1, 0.15) is 12.5 Å². The highest BCUT2D eigenvalue weighted by Gasteiger charge is 1.96. The van der Waals surface area contributed by atoms with E-state index in [9.17, 15) is 0 Å². The van der Waals surface area contributed by atoms with Crippen molar-refractivity contribution in [2.45, 2.75) is 4.90 Å². The highest BCUT2D eigenvalue weighted by atomic mass is 79.9. The molecule has 0 amide bonds. The fourth-order valence-electron chi connectivity index (χ4n) is 0.416. The van der Waals surface area contributed by atoms with E-state index in [1.807, 2.05) is 6.26 Å². The maximum Gasteiger partial charge on any atom is 0.106 e. The summed E-state index contributed by atoms with van der Waals surface area (Å²) in [5.41, 5.74) is 0. The summed E-state index contributed by atoms with van der Waals surface area (Å²) in [5, 5.41) is 0. The van der Waals surface area contributed by atoms with Gasteiger partial charge in [-0.3, -0.25) is 0 Å². The van der Waals surface area contributed by atoms with Crippen molar-refractivity contribution in [1.29, 1.82) is 0 Å². The molecule has 0 atom stereocenters. The number of thioether (sulfide) groups is 1. The number of rotatable bonds is 1. The zero-order chi connectivity index (χ0) is 5.98. The summed E-state index contributed by atoms with van der Waals surface area (Å²) >= 11 is 4.97. The third kappa shape index (κ3) is 1.09. The first kappa shape index (κ1) is 6.23. The van der Waals surface area contributed by atoms with E-state index in [-0.39, 0.29) is 0 Å². The molecule has 1 heterocycles. The zero-order valence-electron chi connectivity index (χ0n) is 4.35. The van der Waals surface area contributed by atoms with Gasteiger partial charge in [-0.2, -0.15) is 0 Å². The Labute approximate surface area is 60.6 Å². The number of furan rings is 1. The molecular formula is C5H5BrOS. The standard InChI is InChI=1S/C5H5BrOS/c1-8-5-3-7-2-4(5)6/h2-3H,1H3. The second-order valence-corrected chi connectivity index (χ2v) is 2.99. The predicted molar refractivity (Wildman–Crippen MR) is 38.2 cm³/mol. The molecule has 0 N–H and O–H groups in total. The van der Waals surface area contributed by atoms with Gasteiger partial charge in [-0.25, -0.2) is 0 Å². The van der Waals surface area contributed by atoms with Crippen LogP contribution in [0.15, 0.2) is 26.3 Å². The molecule has 1 aromatic rings. The molecule has 0 spiro atoms. The lowest BCUT2D eigenvalue weighted by Gasteiger charge is -1.83. The minimum Gasteiger partial charge on any atom is -0.470 e. The van der Waals surface area contributed by atoms with Gasteiger partial charge in [0.15, 0.2) is 0 Å². The Hall–Kier alpha value is 0.110. The van der Waals surface area contributed by atoms with Crippen molar-refractivity contribution in [3.8, 4) is 0 Å². The molecule has 3 heteroatoms. The lowest BCUT2D eigenvalue weighted by molar-refractivity contribution is 0.561. The Balaban J connectivity index is 2.92. The Morgan fingerprint density at radius 3 is 2.62 bits per heavy atom. The molecule has 0 bridgehead atoms.